The summed E-state index contributed by atoms with van der Waals surface area (Å²) < 4.78 is 5.56. The van der Waals surface area contributed by atoms with Gasteiger partial charge in [0.15, 0.2) is 0 Å². The maximum Gasteiger partial charge on any atom is 0.261 e. The maximum absolute atomic E-state index is 11.6. The highest BCUT2D eigenvalue weighted by Crippen LogP contribution is 2.20. The van der Waals surface area contributed by atoms with Gasteiger partial charge in [0, 0.05) is 6.54 Å². The van der Waals surface area contributed by atoms with Gasteiger partial charge < -0.3 is 9.73 Å². The van der Waals surface area contributed by atoms with E-state index in [-0.39, 0.29) is 5.91 Å². The fourth-order valence-corrected chi connectivity index (χ4v) is 2.24. The van der Waals surface area contributed by atoms with E-state index in [1.165, 1.54) is 11.3 Å². The Balaban J connectivity index is 1.80. The van der Waals surface area contributed by atoms with Gasteiger partial charge in [-0.25, -0.2) is 0 Å². The van der Waals surface area contributed by atoms with Gasteiger partial charge >= 0.3 is 0 Å². The summed E-state index contributed by atoms with van der Waals surface area (Å²) in [4.78, 5) is 12.2. The van der Waals surface area contributed by atoms with Crippen LogP contribution in [-0.2, 0) is 6.42 Å². The highest BCUT2D eigenvalue weighted by Gasteiger charge is 2.07. The number of rotatable bonds is 4. The predicted octanol–water partition coefficient (Wildman–Crippen LogP) is 2.97. The van der Waals surface area contributed by atoms with E-state index >= 15 is 0 Å². The molecule has 0 unspecified atom stereocenters. The highest BCUT2D eigenvalue weighted by atomic mass is 35.5. The lowest BCUT2D eigenvalue weighted by atomic mass is 10.2. The number of halogens is 1. The van der Waals surface area contributed by atoms with Crippen LogP contribution in [0.5, 0.6) is 0 Å². The molecule has 1 N–H and O–H groups in total. The van der Waals surface area contributed by atoms with Crippen molar-refractivity contribution in [2.24, 2.45) is 0 Å². The lowest BCUT2D eigenvalue weighted by molar-refractivity contribution is 0.0958. The van der Waals surface area contributed by atoms with Gasteiger partial charge in [-0.1, -0.05) is 11.6 Å². The van der Waals surface area contributed by atoms with Gasteiger partial charge in [0.1, 0.15) is 0 Å². The Morgan fingerprint density at radius 1 is 1.44 bits per heavy atom. The van der Waals surface area contributed by atoms with E-state index in [4.69, 9.17) is 16.0 Å². The molecule has 16 heavy (non-hydrogen) atoms. The number of hydrogen-bond donors (Lipinski definition) is 1. The van der Waals surface area contributed by atoms with Crippen molar-refractivity contribution in [3.8, 4) is 0 Å². The Labute approximate surface area is 102 Å². The van der Waals surface area contributed by atoms with E-state index in [0.717, 1.165) is 12.0 Å². The molecular weight excluding hydrogens is 246 g/mol. The average molecular weight is 256 g/mol. The third kappa shape index (κ3) is 2.87. The Kier molecular flexibility index (Phi) is 3.64. The van der Waals surface area contributed by atoms with Crippen LogP contribution in [0.2, 0.25) is 4.34 Å². The van der Waals surface area contributed by atoms with Gasteiger partial charge in [-0.2, -0.15) is 0 Å². The Morgan fingerprint density at radius 3 is 2.94 bits per heavy atom. The Morgan fingerprint density at radius 2 is 2.31 bits per heavy atom. The molecule has 0 radical (unpaired) electrons. The minimum atomic E-state index is -0.0830. The van der Waals surface area contributed by atoms with E-state index in [1.54, 1.807) is 24.7 Å². The van der Waals surface area contributed by atoms with E-state index < -0.39 is 0 Å². The quantitative estimate of drug-likeness (QED) is 0.913. The molecule has 2 aromatic rings. The van der Waals surface area contributed by atoms with Crippen molar-refractivity contribution in [3.05, 3.63) is 45.5 Å². The van der Waals surface area contributed by atoms with Crippen molar-refractivity contribution >= 4 is 28.8 Å². The molecule has 0 aliphatic rings. The molecule has 84 valence electrons. The highest BCUT2D eigenvalue weighted by molar-refractivity contribution is 7.17. The normalized spacial score (nSPS) is 10.3. The van der Waals surface area contributed by atoms with Crippen molar-refractivity contribution in [2.45, 2.75) is 6.42 Å². The van der Waals surface area contributed by atoms with Crippen LogP contribution >= 0.6 is 22.9 Å². The first-order valence-electron chi connectivity index (χ1n) is 4.80. The molecule has 0 aromatic carbocycles. The molecule has 0 aliphatic carbocycles. The smallest absolute Gasteiger partial charge is 0.261 e. The molecule has 0 atom stereocenters. The molecule has 0 aliphatic heterocycles. The van der Waals surface area contributed by atoms with E-state index in [0.29, 0.717) is 15.8 Å². The van der Waals surface area contributed by atoms with Gasteiger partial charge in [-0.3, -0.25) is 4.79 Å². The molecule has 3 nitrogen and oxygen atoms in total. The van der Waals surface area contributed by atoms with Crippen LogP contribution in [0, 0.1) is 0 Å². The van der Waals surface area contributed by atoms with Gasteiger partial charge in [-0.05, 0) is 30.2 Å². The Hall–Kier alpha value is -1.26. The number of hydrogen-bond acceptors (Lipinski definition) is 3. The summed E-state index contributed by atoms with van der Waals surface area (Å²) >= 11 is 7.02. The Bertz CT molecular complexity index is 464. The van der Waals surface area contributed by atoms with Crippen LogP contribution in [0.4, 0.5) is 0 Å². The topological polar surface area (TPSA) is 42.2 Å². The third-order valence-corrected chi connectivity index (χ3v) is 3.31. The van der Waals surface area contributed by atoms with Gasteiger partial charge in [0.05, 0.1) is 21.7 Å². The first-order chi connectivity index (χ1) is 7.75. The fourth-order valence-electron chi connectivity index (χ4n) is 1.28. The first kappa shape index (κ1) is 11.2. The van der Waals surface area contributed by atoms with Crippen LogP contribution in [0.15, 0.2) is 35.1 Å². The van der Waals surface area contributed by atoms with Crippen LogP contribution in [0.3, 0.4) is 0 Å². The van der Waals surface area contributed by atoms with Gasteiger partial charge in [0.2, 0.25) is 0 Å². The van der Waals surface area contributed by atoms with Crippen molar-refractivity contribution < 1.29 is 9.21 Å². The predicted molar refractivity (Wildman–Crippen MR) is 64.1 cm³/mol. The van der Waals surface area contributed by atoms with E-state index in [1.807, 2.05) is 6.07 Å². The average Bonchev–Trinajstić information content (AvgIpc) is 2.89. The third-order valence-electron chi connectivity index (χ3n) is 2.08. The zero-order chi connectivity index (χ0) is 11.4. The van der Waals surface area contributed by atoms with Gasteiger partial charge in [0.25, 0.3) is 5.91 Å². The fraction of sp³-hybridized carbons (Fsp3) is 0.182. The molecule has 0 spiro atoms. The summed E-state index contributed by atoms with van der Waals surface area (Å²) in [5.41, 5.74) is 1.07. The summed E-state index contributed by atoms with van der Waals surface area (Å²) in [6, 6.07) is 5.32. The van der Waals surface area contributed by atoms with Crippen molar-refractivity contribution in [1.82, 2.24) is 5.32 Å². The molecule has 0 fully saturated rings. The lowest BCUT2D eigenvalue weighted by Gasteiger charge is -2.01. The van der Waals surface area contributed by atoms with Crippen LogP contribution in [0.25, 0.3) is 0 Å². The molecule has 1 amide bonds. The minimum Gasteiger partial charge on any atom is -0.472 e. The lowest BCUT2D eigenvalue weighted by Crippen LogP contribution is -2.24. The number of thiophene rings is 1. The summed E-state index contributed by atoms with van der Waals surface area (Å²) in [5, 5.41) is 2.82. The van der Waals surface area contributed by atoms with Crippen LogP contribution < -0.4 is 5.32 Å². The monoisotopic (exact) mass is 255 g/mol. The van der Waals surface area contributed by atoms with Crippen LogP contribution in [0.1, 0.15) is 15.2 Å². The molecule has 5 heteroatoms. The molecule has 0 saturated heterocycles. The van der Waals surface area contributed by atoms with Crippen molar-refractivity contribution in [2.75, 3.05) is 6.54 Å². The second-order valence-corrected chi connectivity index (χ2v) is 4.96. The van der Waals surface area contributed by atoms with Crippen molar-refractivity contribution in [3.63, 3.8) is 0 Å². The maximum atomic E-state index is 11.6. The molecular formula is C11H10ClNO2S. The number of nitrogens with one attached hydrogen (secondary N) is 1. The number of amides is 1. The standard InChI is InChI=1S/C11H10ClNO2S/c12-10-2-1-9(16-10)11(14)13-5-3-8-4-6-15-7-8/h1-2,4,6-7H,3,5H2,(H,13,14). The molecule has 0 saturated carbocycles. The van der Waals surface area contributed by atoms with E-state index in [2.05, 4.69) is 5.32 Å². The second-order valence-electron chi connectivity index (χ2n) is 3.24. The van der Waals surface area contributed by atoms with Crippen LogP contribution in [-0.4, -0.2) is 12.5 Å². The van der Waals surface area contributed by atoms with Crippen molar-refractivity contribution in [1.29, 1.82) is 0 Å². The molecule has 2 heterocycles. The van der Waals surface area contributed by atoms with E-state index in [9.17, 15) is 4.79 Å². The number of carbonyl (C=O) groups excluding carboxylic acids is 1. The van der Waals surface area contributed by atoms with Gasteiger partial charge in [-0.15, -0.1) is 11.3 Å². The first-order valence-corrected chi connectivity index (χ1v) is 6.00. The minimum absolute atomic E-state index is 0.0830. The molecule has 2 aromatic heterocycles. The zero-order valence-corrected chi connectivity index (χ0v) is 9.98. The second kappa shape index (κ2) is 5.18. The zero-order valence-electron chi connectivity index (χ0n) is 8.40. The number of carbonyl (C=O) groups is 1. The number of furan rings is 1. The SMILES string of the molecule is O=C(NCCc1ccoc1)c1ccc(Cl)s1. The summed E-state index contributed by atoms with van der Waals surface area (Å²) in [6.45, 7) is 0.591. The summed E-state index contributed by atoms with van der Waals surface area (Å²) in [7, 11) is 0. The largest absolute Gasteiger partial charge is 0.472 e. The summed E-state index contributed by atoms with van der Waals surface area (Å²) in [6.07, 6.45) is 4.06. The molecule has 2 rings (SSSR count). The molecule has 0 bridgehead atoms. The summed E-state index contributed by atoms with van der Waals surface area (Å²) in [5.74, 6) is -0.0830.